The molecule has 0 atom stereocenters. The first-order valence-corrected chi connectivity index (χ1v) is 10.1. The molecule has 3 N–H and O–H groups in total. The lowest BCUT2D eigenvalue weighted by Crippen LogP contribution is -2.22. The van der Waals surface area contributed by atoms with Gasteiger partial charge >= 0.3 is 5.97 Å². The summed E-state index contributed by atoms with van der Waals surface area (Å²) in [5, 5.41) is 6.79. The Hall–Kier alpha value is -3.47. The molecule has 3 heterocycles. The van der Waals surface area contributed by atoms with Crippen LogP contribution in [0.25, 0.3) is 11.6 Å². The van der Waals surface area contributed by atoms with E-state index in [1.165, 1.54) is 17.6 Å². The topological polar surface area (TPSA) is 151 Å². The van der Waals surface area contributed by atoms with Gasteiger partial charge in [-0.1, -0.05) is 5.16 Å². The minimum Gasteiger partial charge on any atom is -0.461 e. The molecule has 0 saturated carbocycles. The third-order valence-corrected chi connectivity index (χ3v) is 5.74. The number of hydrogen-bond acceptors (Lipinski definition) is 9. The van der Waals surface area contributed by atoms with E-state index in [2.05, 4.69) is 15.5 Å². The second-order valence-electron chi connectivity index (χ2n) is 6.62. The number of ether oxygens (including phenoxy) is 1. The lowest BCUT2D eigenvalue weighted by molar-refractivity contribution is -0.147. The molecule has 1 aliphatic carbocycles. The Kier molecular flexibility index (Phi) is 5.61. The fourth-order valence-corrected chi connectivity index (χ4v) is 4.52. The summed E-state index contributed by atoms with van der Waals surface area (Å²) in [5.74, 6) is -0.706. The average Bonchev–Trinajstić information content (AvgIpc) is 3.48. The number of aryl methyl sites for hydroxylation is 2. The van der Waals surface area contributed by atoms with Gasteiger partial charge < -0.3 is 24.7 Å². The molecule has 4 rings (SSSR count). The highest BCUT2D eigenvalue weighted by Gasteiger charge is 2.26. The first-order chi connectivity index (χ1) is 14.5. The Bertz CT molecular complexity index is 1080. The van der Waals surface area contributed by atoms with Crippen molar-refractivity contribution < 1.29 is 28.1 Å². The van der Waals surface area contributed by atoms with E-state index in [0.717, 1.165) is 29.7 Å². The van der Waals surface area contributed by atoms with Crippen LogP contribution in [0.15, 0.2) is 27.3 Å². The Labute approximate surface area is 174 Å². The Morgan fingerprint density at radius 2 is 2.17 bits per heavy atom. The maximum Gasteiger partial charge on any atom is 0.306 e. The second kappa shape index (κ2) is 8.49. The number of esters is 1. The number of thiophene rings is 1. The maximum absolute atomic E-state index is 12.1. The standard InChI is InChI=1S/C19H18N4O6S/c20-17(26)16-10-3-1-5-12(10)30-19(16)21-13(24)9-28-15(25)7-6-14-22-18(23-29-14)11-4-2-8-27-11/h2,4,8H,1,3,5-7,9H2,(H2,20,26)(H,21,24). The summed E-state index contributed by atoms with van der Waals surface area (Å²) in [7, 11) is 0. The van der Waals surface area contributed by atoms with E-state index >= 15 is 0 Å². The van der Waals surface area contributed by atoms with Crippen molar-refractivity contribution in [1.82, 2.24) is 10.1 Å². The summed E-state index contributed by atoms with van der Waals surface area (Å²) in [5.41, 5.74) is 6.73. The van der Waals surface area contributed by atoms with E-state index in [0.29, 0.717) is 16.3 Å². The summed E-state index contributed by atoms with van der Waals surface area (Å²) in [6.45, 7) is -0.471. The first-order valence-electron chi connectivity index (χ1n) is 9.27. The second-order valence-corrected chi connectivity index (χ2v) is 7.73. The van der Waals surface area contributed by atoms with Gasteiger partial charge in [-0.15, -0.1) is 11.3 Å². The van der Waals surface area contributed by atoms with Gasteiger partial charge in [0.25, 0.3) is 11.8 Å². The van der Waals surface area contributed by atoms with Gasteiger partial charge in [-0.05, 0) is 37.0 Å². The summed E-state index contributed by atoms with van der Waals surface area (Å²) in [4.78, 5) is 41.0. The monoisotopic (exact) mass is 430 g/mol. The number of rotatable bonds is 8. The molecule has 0 bridgehead atoms. The van der Waals surface area contributed by atoms with Gasteiger partial charge in [-0.3, -0.25) is 14.4 Å². The molecule has 156 valence electrons. The molecular formula is C19H18N4O6S. The zero-order valence-corrected chi connectivity index (χ0v) is 16.6. The predicted octanol–water partition coefficient (Wildman–Crippen LogP) is 2.09. The van der Waals surface area contributed by atoms with Gasteiger partial charge in [0.05, 0.1) is 18.2 Å². The van der Waals surface area contributed by atoms with E-state index in [1.54, 1.807) is 12.1 Å². The number of primary amides is 1. The van der Waals surface area contributed by atoms with Crippen molar-refractivity contribution in [2.45, 2.75) is 32.1 Å². The van der Waals surface area contributed by atoms with Crippen LogP contribution < -0.4 is 11.1 Å². The minimum atomic E-state index is -0.591. The van der Waals surface area contributed by atoms with Crippen molar-refractivity contribution in [3.63, 3.8) is 0 Å². The van der Waals surface area contributed by atoms with Gasteiger partial charge in [0.2, 0.25) is 11.7 Å². The quantitative estimate of drug-likeness (QED) is 0.516. The number of anilines is 1. The molecule has 2 amide bonds. The number of nitrogens with two attached hydrogens (primary N) is 1. The molecular weight excluding hydrogens is 412 g/mol. The van der Waals surface area contributed by atoms with E-state index in [9.17, 15) is 14.4 Å². The van der Waals surface area contributed by atoms with Gasteiger partial charge in [0.15, 0.2) is 12.4 Å². The van der Waals surface area contributed by atoms with Crippen molar-refractivity contribution in [2.24, 2.45) is 5.73 Å². The van der Waals surface area contributed by atoms with Crippen LogP contribution in [0.3, 0.4) is 0 Å². The van der Waals surface area contributed by atoms with Crippen molar-refractivity contribution in [3.05, 3.63) is 40.3 Å². The first kappa shape index (κ1) is 19.8. The Balaban J connectivity index is 1.25. The largest absolute Gasteiger partial charge is 0.461 e. The molecule has 11 heteroatoms. The fraction of sp³-hybridized carbons (Fsp3) is 0.316. The minimum absolute atomic E-state index is 0.0348. The normalized spacial score (nSPS) is 12.5. The van der Waals surface area contributed by atoms with Gasteiger partial charge in [0, 0.05) is 11.3 Å². The van der Waals surface area contributed by atoms with Crippen LogP contribution in [-0.2, 0) is 33.6 Å². The van der Waals surface area contributed by atoms with Crippen LogP contribution in [0.5, 0.6) is 0 Å². The van der Waals surface area contributed by atoms with Gasteiger partial charge in [-0.2, -0.15) is 4.98 Å². The molecule has 30 heavy (non-hydrogen) atoms. The van der Waals surface area contributed by atoms with E-state index in [-0.39, 0.29) is 24.6 Å². The van der Waals surface area contributed by atoms with Crippen molar-refractivity contribution in [3.8, 4) is 11.6 Å². The smallest absolute Gasteiger partial charge is 0.306 e. The Morgan fingerprint density at radius 3 is 2.93 bits per heavy atom. The molecule has 3 aromatic heterocycles. The number of furan rings is 1. The lowest BCUT2D eigenvalue weighted by Gasteiger charge is -2.07. The highest BCUT2D eigenvalue weighted by Crippen LogP contribution is 2.38. The number of nitrogens with one attached hydrogen (secondary N) is 1. The third kappa shape index (κ3) is 4.25. The average molecular weight is 430 g/mol. The van der Waals surface area contributed by atoms with Gasteiger partial charge in [-0.25, -0.2) is 0 Å². The summed E-state index contributed by atoms with van der Waals surface area (Å²) in [6.07, 6.45) is 4.22. The van der Waals surface area contributed by atoms with Crippen molar-refractivity contribution in [1.29, 1.82) is 0 Å². The third-order valence-electron chi connectivity index (χ3n) is 4.54. The van der Waals surface area contributed by atoms with Crippen LogP contribution in [-0.4, -0.2) is 34.5 Å². The number of amides is 2. The summed E-state index contributed by atoms with van der Waals surface area (Å²) in [6, 6.07) is 3.39. The number of aromatic nitrogens is 2. The lowest BCUT2D eigenvalue weighted by atomic mass is 10.1. The summed E-state index contributed by atoms with van der Waals surface area (Å²) >= 11 is 1.34. The molecule has 0 fully saturated rings. The molecule has 0 unspecified atom stereocenters. The number of carbonyl (C=O) groups is 3. The van der Waals surface area contributed by atoms with Crippen LogP contribution in [0.2, 0.25) is 0 Å². The van der Waals surface area contributed by atoms with E-state index < -0.39 is 24.4 Å². The highest BCUT2D eigenvalue weighted by molar-refractivity contribution is 7.17. The molecule has 10 nitrogen and oxygen atoms in total. The SMILES string of the molecule is NC(=O)c1c(NC(=O)COC(=O)CCc2nc(-c3ccco3)no2)sc2c1CCC2. The predicted molar refractivity (Wildman–Crippen MR) is 105 cm³/mol. The molecule has 0 radical (unpaired) electrons. The van der Waals surface area contributed by atoms with E-state index in [4.69, 9.17) is 19.4 Å². The van der Waals surface area contributed by atoms with Crippen molar-refractivity contribution in [2.75, 3.05) is 11.9 Å². The number of carbonyl (C=O) groups excluding carboxylic acids is 3. The van der Waals surface area contributed by atoms with Crippen LogP contribution in [0.1, 0.15) is 39.5 Å². The van der Waals surface area contributed by atoms with Crippen molar-refractivity contribution >= 4 is 34.1 Å². The Morgan fingerprint density at radius 1 is 1.30 bits per heavy atom. The molecule has 3 aromatic rings. The highest BCUT2D eigenvalue weighted by atomic mass is 32.1. The molecule has 0 aromatic carbocycles. The number of nitrogens with zero attached hydrogens (tertiary/aromatic N) is 2. The van der Waals surface area contributed by atoms with Crippen LogP contribution in [0, 0.1) is 0 Å². The fourth-order valence-electron chi connectivity index (χ4n) is 3.21. The van der Waals surface area contributed by atoms with Crippen LogP contribution in [0.4, 0.5) is 5.00 Å². The van der Waals surface area contributed by atoms with Crippen LogP contribution >= 0.6 is 11.3 Å². The summed E-state index contributed by atoms with van der Waals surface area (Å²) < 4.78 is 15.2. The molecule has 0 spiro atoms. The zero-order chi connectivity index (χ0) is 21.1. The molecule has 1 aliphatic rings. The van der Waals surface area contributed by atoms with E-state index in [1.807, 2.05) is 0 Å². The number of hydrogen-bond donors (Lipinski definition) is 2. The van der Waals surface area contributed by atoms with Gasteiger partial charge in [0.1, 0.15) is 5.00 Å². The number of fused-ring (bicyclic) bond motifs is 1. The molecule has 0 saturated heterocycles. The zero-order valence-electron chi connectivity index (χ0n) is 15.8. The maximum atomic E-state index is 12.1. The molecule has 0 aliphatic heterocycles.